The van der Waals surface area contributed by atoms with Crippen molar-refractivity contribution in [2.24, 2.45) is 0 Å². The van der Waals surface area contributed by atoms with Crippen LogP contribution in [0, 0.1) is 5.82 Å². The van der Waals surface area contributed by atoms with E-state index >= 15 is 0 Å². The molecule has 0 radical (unpaired) electrons. The van der Waals surface area contributed by atoms with Gasteiger partial charge in [-0.1, -0.05) is 12.8 Å². The second kappa shape index (κ2) is 4.89. The van der Waals surface area contributed by atoms with Crippen molar-refractivity contribution in [1.82, 2.24) is 9.97 Å². The standard InChI is InChI=1S/C15H17FN2O2/c1-2-20-14(19)15(7-3-4-8-15)13-17-11-6-5-10(16)9-12(11)18-13/h5-6,9H,2-4,7-8H2,1H3,(H,17,18). The summed E-state index contributed by atoms with van der Waals surface area (Å²) in [5, 5.41) is 0. The van der Waals surface area contributed by atoms with Crippen LogP contribution in [0.25, 0.3) is 11.0 Å². The molecule has 4 nitrogen and oxygen atoms in total. The lowest BCUT2D eigenvalue weighted by atomic mass is 9.85. The van der Waals surface area contributed by atoms with E-state index in [0.29, 0.717) is 23.5 Å². The zero-order chi connectivity index (χ0) is 14.2. The monoisotopic (exact) mass is 276 g/mol. The summed E-state index contributed by atoms with van der Waals surface area (Å²) in [5.41, 5.74) is 0.610. The molecule has 0 bridgehead atoms. The molecule has 1 aliphatic rings. The van der Waals surface area contributed by atoms with Crippen LogP contribution in [0.4, 0.5) is 4.39 Å². The Bertz CT molecular complexity index is 644. The highest BCUT2D eigenvalue weighted by Crippen LogP contribution is 2.41. The fourth-order valence-electron chi connectivity index (χ4n) is 2.99. The Morgan fingerprint density at radius 2 is 2.20 bits per heavy atom. The number of nitrogens with zero attached hydrogens (tertiary/aromatic N) is 1. The molecular formula is C15H17FN2O2. The molecular weight excluding hydrogens is 259 g/mol. The van der Waals surface area contributed by atoms with Gasteiger partial charge in [0.1, 0.15) is 17.1 Å². The van der Waals surface area contributed by atoms with Crippen molar-refractivity contribution in [3.8, 4) is 0 Å². The van der Waals surface area contributed by atoms with E-state index in [1.54, 1.807) is 13.0 Å². The Morgan fingerprint density at radius 1 is 1.45 bits per heavy atom. The summed E-state index contributed by atoms with van der Waals surface area (Å²) >= 11 is 0. The van der Waals surface area contributed by atoms with Crippen molar-refractivity contribution in [1.29, 1.82) is 0 Å². The average molecular weight is 276 g/mol. The molecule has 0 atom stereocenters. The quantitative estimate of drug-likeness (QED) is 0.876. The highest BCUT2D eigenvalue weighted by molar-refractivity contribution is 5.84. The first-order valence-corrected chi connectivity index (χ1v) is 6.99. The fraction of sp³-hybridized carbons (Fsp3) is 0.467. The molecule has 0 spiro atoms. The molecule has 1 N–H and O–H groups in total. The predicted molar refractivity (Wildman–Crippen MR) is 72.8 cm³/mol. The summed E-state index contributed by atoms with van der Waals surface area (Å²) in [7, 11) is 0. The third-order valence-electron chi connectivity index (χ3n) is 4.02. The van der Waals surface area contributed by atoms with Crippen LogP contribution in [0.5, 0.6) is 0 Å². The molecule has 20 heavy (non-hydrogen) atoms. The van der Waals surface area contributed by atoms with Crippen molar-refractivity contribution in [3.63, 3.8) is 0 Å². The summed E-state index contributed by atoms with van der Waals surface area (Å²) in [5.74, 6) is 0.0652. The van der Waals surface area contributed by atoms with Crippen LogP contribution in [0.2, 0.25) is 0 Å². The smallest absolute Gasteiger partial charge is 0.319 e. The molecule has 0 saturated heterocycles. The van der Waals surface area contributed by atoms with E-state index in [9.17, 15) is 9.18 Å². The van der Waals surface area contributed by atoms with Gasteiger partial charge in [-0.3, -0.25) is 4.79 Å². The number of benzene rings is 1. The van der Waals surface area contributed by atoms with Crippen molar-refractivity contribution in [2.45, 2.75) is 38.0 Å². The summed E-state index contributed by atoms with van der Waals surface area (Å²) in [6.45, 7) is 2.16. The molecule has 1 aliphatic carbocycles. The maximum Gasteiger partial charge on any atom is 0.319 e. The van der Waals surface area contributed by atoms with Crippen molar-refractivity contribution < 1.29 is 13.9 Å². The van der Waals surface area contributed by atoms with E-state index in [0.717, 1.165) is 25.7 Å². The predicted octanol–water partition coefficient (Wildman–Crippen LogP) is 3.08. The molecule has 1 heterocycles. The number of carbonyl (C=O) groups excluding carboxylic acids is 1. The molecule has 1 saturated carbocycles. The van der Waals surface area contributed by atoms with Gasteiger partial charge in [-0.05, 0) is 38.0 Å². The molecule has 5 heteroatoms. The van der Waals surface area contributed by atoms with Gasteiger partial charge in [0, 0.05) is 0 Å². The number of halogens is 1. The van der Waals surface area contributed by atoms with E-state index in [1.807, 2.05) is 0 Å². The maximum atomic E-state index is 13.3. The number of aromatic amines is 1. The van der Waals surface area contributed by atoms with Crippen molar-refractivity contribution in [2.75, 3.05) is 6.61 Å². The maximum absolute atomic E-state index is 13.3. The van der Waals surface area contributed by atoms with Gasteiger partial charge in [0.15, 0.2) is 0 Å². The number of ether oxygens (including phenoxy) is 1. The number of hydrogen-bond donors (Lipinski definition) is 1. The zero-order valence-corrected chi connectivity index (χ0v) is 11.4. The first-order valence-electron chi connectivity index (χ1n) is 6.99. The number of hydrogen-bond acceptors (Lipinski definition) is 3. The molecule has 1 fully saturated rings. The molecule has 0 aliphatic heterocycles. The number of esters is 1. The van der Waals surface area contributed by atoms with E-state index in [1.165, 1.54) is 12.1 Å². The number of H-pyrrole nitrogens is 1. The van der Waals surface area contributed by atoms with Gasteiger partial charge in [-0.25, -0.2) is 9.37 Å². The Labute approximate surface area is 116 Å². The SMILES string of the molecule is CCOC(=O)C1(c2nc3ccc(F)cc3[nH]2)CCCC1. The third-order valence-corrected chi connectivity index (χ3v) is 4.02. The lowest BCUT2D eigenvalue weighted by Crippen LogP contribution is -2.35. The Morgan fingerprint density at radius 3 is 2.90 bits per heavy atom. The van der Waals surface area contributed by atoms with Gasteiger partial charge in [0.25, 0.3) is 0 Å². The highest BCUT2D eigenvalue weighted by Gasteiger charge is 2.46. The summed E-state index contributed by atoms with van der Waals surface area (Å²) < 4.78 is 18.5. The topological polar surface area (TPSA) is 55.0 Å². The highest BCUT2D eigenvalue weighted by atomic mass is 19.1. The Balaban J connectivity index is 2.07. The number of carbonyl (C=O) groups is 1. The second-order valence-electron chi connectivity index (χ2n) is 5.26. The molecule has 0 amide bonds. The zero-order valence-electron chi connectivity index (χ0n) is 11.4. The number of imidazole rings is 1. The first-order chi connectivity index (χ1) is 9.65. The Hall–Kier alpha value is -1.91. The minimum absolute atomic E-state index is 0.225. The van der Waals surface area contributed by atoms with Gasteiger partial charge in [0.05, 0.1) is 17.6 Å². The van der Waals surface area contributed by atoms with E-state index in [2.05, 4.69) is 9.97 Å². The summed E-state index contributed by atoms with van der Waals surface area (Å²) in [6, 6.07) is 4.40. The average Bonchev–Trinajstić information content (AvgIpc) is 3.05. The van der Waals surface area contributed by atoms with Crippen LogP contribution < -0.4 is 0 Å². The van der Waals surface area contributed by atoms with Crippen LogP contribution in [-0.2, 0) is 14.9 Å². The molecule has 106 valence electrons. The third kappa shape index (κ3) is 1.97. The van der Waals surface area contributed by atoms with Gasteiger partial charge in [-0.2, -0.15) is 0 Å². The lowest BCUT2D eigenvalue weighted by Gasteiger charge is -2.23. The van der Waals surface area contributed by atoms with E-state index in [-0.39, 0.29) is 11.8 Å². The number of rotatable bonds is 3. The van der Waals surface area contributed by atoms with Gasteiger partial charge < -0.3 is 9.72 Å². The first kappa shape index (κ1) is 13.1. The van der Waals surface area contributed by atoms with E-state index in [4.69, 9.17) is 4.74 Å². The minimum atomic E-state index is -0.689. The molecule has 3 rings (SSSR count). The number of aromatic nitrogens is 2. The van der Waals surface area contributed by atoms with Crippen molar-refractivity contribution in [3.05, 3.63) is 29.8 Å². The molecule has 1 aromatic carbocycles. The van der Waals surface area contributed by atoms with Crippen LogP contribution in [-0.4, -0.2) is 22.5 Å². The number of fused-ring (bicyclic) bond motifs is 1. The van der Waals surface area contributed by atoms with Crippen LogP contribution in [0.15, 0.2) is 18.2 Å². The van der Waals surface area contributed by atoms with E-state index < -0.39 is 5.41 Å². The largest absolute Gasteiger partial charge is 0.465 e. The van der Waals surface area contributed by atoms with Gasteiger partial charge in [0.2, 0.25) is 0 Å². The number of nitrogens with one attached hydrogen (secondary N) is 1. The van der Waals surface area contributed by atoms with Gasteiger partial charge >= 0.3 is 5.97 Å². The van der Waals surface area contributed by atoms with Crippen LogP contribution >= 0.6 is 0 Å². The molecule has 2 aromatic rings. The lowest BCUT2D eigenvalue weighted by molar-refractivity contribution is -0.150. The summed E-state index contributed by atoms with van der Waals surface area (Å²) in [4.78, 5) is 20.0. The van der Waals surface area contributed by atoms with Crippen LogP contribution in [0.3, 0.4) is 0 Å². The normalized spacial score (nSPS) is 17.5. The van der Waals surface area contributed by atoms with Gasteiger partial charge in [-0.15, -0.1) is 0 Å². The molecule has 1 aromatic heterocycles. The summed E-state index contributed by atoms with van der Waals surface area (Å²) in [6.07, 6.45) is 3.41. The van der Waals surface area contributed by atoms with Crippen molar-refractivity contribution >= 4 is 17.0 Å². The minimum Gasteiger partial charge on any atom is -0.465 e. The Kier molecular flexibility index (Phi) is 3.20. The fourth-order valence-corrected chi connectivity index (χ4v) is 2.99. The van der Waals surface area contributed by atoms with Crippen LogP contribution in [0.1, 0.15) is 38.4 Å². The second-order valence-corrected chi connectivity index (χ2v) is 5.26. The molecule has 0 unspecified atom stereocenters.